The van der Waals surface area contributed by atoms with E-state index in [1.165, 1.54) is 6.07 Å². The zero-order valence-electron chi connectivity index (χ0n) is 12.6. The molecule has 1 amide bonds. The van der Waals surface area contributed by atoms with Crippen molar-refractivity contribution in [2.45, 2.75) is 26.3 Å². The molecule has 0 radical (unpaired) electrons. The van der Waals surface area contributed by atoms with Gasteiger partial charge in [-0.3, -0.25) is 4.79 Å². The van der Waals surface area contributed by atoms with E-state index in [1.54, 1.807) is 18.2 Å². The third-order valence-electron chi connectivity index (χ3n) is 2.45. The van der Waals surface area contributed by atoms with Crippen LogP contribution in [-0.2, 0) is 4.79 Å². The van der Waals surface area contributed by atoms with Crippen LogP contribution >= 0.6 is 0 Å². The number of carbonyl (C=O) groups is 2. The minimum atomic E-state index is -1.02. The highest BCUT2D eigenvalue weighted by atomic mass is 16.5. The second-order valence-electron chi connectivity index (χ2n) is 5.62. The molecule has 1 aromatic rings. The Balaban J connectivity index is 2.29. The van der Waals surface area contributed by atoms with Crippen LogP contribution in [0.3, 0.4) is 0 Å². The summed E-state index contributed by atoms with van der Waals surface area (Å²) in [6.45, 7) is 6.67. The van der Waals surface area contributed by atoms with Crippen molar-refractivity contribution >= 4 is 11.9 Å². The number of hydrogen-bond acceptors (Lipinski definition) is 4. The monoisotopic (exact) mass is 294 g/mol. The normalized spacial score (nSPS) is 11.0. The number of benzene rings is 1. The molecular formula is C15H22N2O4. The number of amides is 1. The molecule has 116 valence electrons. The number of nitrogens with one attached hydrogen (secondary N) is 2. The second-order valence-corrected chi connectivity index (χ2v) is 5.62. The van der Waals surface area contributed by atoms with Crippen molar-refractivity contribution in [3.63, 3.8) is 0 Å². The van der Waals surface area contributed by atoms with E-state index in [0.717, 1.165) is 0 Å². The largest absolute Gasteiger partial charge is 0.491 e. The molecule has 1 aromatic carbocycles. The maximum absolute atomic E-state index is 11.5. The Kier molecular flexibility index (Phi) is 6.17. The SMILES string of the molecule is CC(C)(C)NC(=O)CNCCOc1ccccc1C(=O)O. The second kappa shape index (κ2) is 7.64. The lowest BCUT2D eigenvalue weighted by Crippen LogP contribution is -2.45. The maximum atomic E-state index is 11.5. The van der Waals surface area contributed by atoms with Gasteiger partial charge in [0.25, 0.3) is 0 Å². The lowest BCUT2D eigenvalue weighted by atomic mass is 10.1. The van der Waals surface area contributed by atoms with Crippen LogP contribution in [0.4, 0.5) is 0 Å². The van der Waals surface area contributed by atoms with E-state index >= 15 is 0 Å². The van der Waals surface area contributed by atoms with Crippen molar-refractivity contribution < 1.29 is 19.4 Å². The smallest absolute Gasteiger partial charge is 0.339 e. The fourth-order valence-electron chi connectivity index (χ4n) is 1.67. The van der Waals surface area contributed by atoms with Gasteiger partial charge in [-0.2, -0.15) is 0 Å². The van der Waals surface area contributed by atoms with Crippen LogP contribution < -0.4 is 15.4 Å². The van der Waals surface area contributed by atoms with E-state index in [-0.39, 0.29) is 30.2 Å². The highest BCUT2D eigenvalue weighted by molar-refractivity contribution is 5.90. The Labute approximate surface area is 124 Å². The zero-order chi connectivity index (χ0) is 15.9. The van der Waals surface area contributed by atoms with Gasteiger partial charge in [-0.15, -0.1) is 0 Å². The fourth-order valence-corrected chi connectivity index (χ4v) is 1.67. The first kappa shape index (κ1) is 17.0. The van der Waals surface area contributed by atoms with Crippen molar-refractivity contribution in [2.75, 3.05) is 19.7 Å². The van der Waals surface area contributed by atoms with Gasteiger partial charge < -0.3 is 20.5 Å². The van der Waals surface area contributed by atoms with Gasteiger partial charge in [0.1, 0.15) is 17.9 Å². The van der Waals surface area contributed by atoms with Gasteiger partial charge in [-0.05, 0) is 32.9 Å². The highest BCUT2D eigenvalue weighted by Gasteiger charge is 2.13. The minimum absolute atomic E-state index is 0.0894. The molecule has 0 saturated heterocycles. The number of carboxylic acid groups (broad SMARTS) is 1. The molecule has 3 N–H and O–H groups in total. The van der Waals surface area contributed by atoms with Crippen LogP contribution in [0, 0.1) is 0 Å². The predicted molar refractivity (Wildman–Crippen MR) is 79.7 cm³/mol. The van der Waals surface area contributed by atoms with E-state index in [2.05, 4.69) is 10.6 Å². The molecule has 0 unspecified atom stereocenters. The summed E-state index contributed by atoms with van der Waals surface area (Å²) in [6.07, 6.45) is 0. The molecule has 0 aliphatic carbocycles. The number of para-hydroxylation sites is 1. The summed E-state index contributed by atoms with van der Waals surface area (Å²) in [5, 5.41) is 14.8. The minimum Gasteiger partial charge on any atom is -0.491 e. The Bertz CT molecular complexity index is 495. The van der Waals surface area contributed by atoms with Crippen LogP contribution in [-0.4, -0.2) is 42.2 Å². The van der Waals surface area contributed by atoms with Crippen LogP contribution in [0.15, 0.2) is 24.3 Å². The molecule has 0 aromatic heterocycles. The van der Waals surface area contributed by atoms with Crippen molar-refractivity contribution in [3.8, 4) is 5.75 Å². The predicted octanol–water partition coefficient (Wildman–Crippen LogP) is 1.27. The quantitative estimate of drug-likeness (QED) is 0.659. The van der Waals surface area contributed by atoms with Gasteiger partial charge in [-0.1, -0.05) is 12.1 Å². The third-order valence-corrected chi connectivity index (χ3v) is 2.45. The summed E-state index contributed by atoms with van der Waals surface area (Å²) in [6, 6.07) is 6.45. The van der Waals surface area contributed by atoms with Crippen molar-refractivity contribution in [2.24, 2.45) is 0 Å². The van der Waals surface area contributed by atoms with E-state index in [4.69, 9.17) is 9.84 Å². The number of ether oxygens (including phenoxy) is 1. The topological polar surface area (TPSA) is 87.7 Å². The molecule has 0 bridgehead atoms. The van der Waals surface area contributed by atoms with E-state index in [9.17, 15) is 9.59 Å². The fraction of sp³-hybridized carbons (Fsp3) is 0.467. The Hall–Kier alpha value is -2.08. The molecule has 6 heteroatoms. The third kappa shape index (κ3) is 6.76. The standard InChI is InChI=1S/C15H22N2O4/c1-15(2,3)17-13(18)10-16-8-9-21-12-7-5-4-6-11(12)14(19)20/h4-7,16H,8-10H2,1-3H3,(H,17,18)(H,19,20). The lowest BCUT2D eigenvalue weighted by molar-refractivity contribution is -0.121. The van der Waals surface area contributed by atoms with E-state index in [0.29, 0.717) is 12.3 Å². The van der Waals surface area contributed by atoms with Gasteiger partial charge in [0, 0.05) is 12.1 Å². The summed E-state index contributed by atoms with van der Waals surface area (Å²) >= 11 is 0. The average Bonchev–Trinajstić information content (AvgIpc) is 2.36. The van der Waals surface area contributed by atoms with Crippen LogP contribution in [0.5, 0.6) is 5.75 Å². The Morgan fingerprint density at radius 2 is 1.90 bits per heavy atom. The van der Waals surface area contributed by atoms with Gasteiger partial charge in [0.2, 0.25) is 5.91 Å². The maximum Gasteiger partial charge on any atom is 0.339 e. The lowest BCUT2D eigenvalue weighted by Gasteiger charge is -2.20. The van der Waals surface area contributed by atoms with Crippen LogP contribution in [0.2, 0.25) is 0 Å². The average molecular weight is 294 g/mol. The van der Waals surface area contributed by atoms with Gasteiger partial charge in [0.05, 0.1) is 6.54 Å². The molecule has 0 aliphatic rings. The molecule has 1 rings (SSSR count). The summed E-state index contributed by atoms with van der Waals surface area (Å²) in [7, 11) is 0. The zero-order valence-corrected chi connectivity index (χ0v) is 12.6. The van der Waals surface area contributed by atoms with E-state index < -0.39 is 5.97 Å². The van der Waals surface area contributed by atoms with Gasteiger partial charge >= 0.3 is 5.97 Å². The first-order valence-corrected chi connectivity index (χ1v) is 6.76. The van der Waals surface area contributed by atoms with Gasteiger partial charge in [-0.25, -0.2) is 4.79 Å². The molecule has 0 fully saturated rings. The summed E-state index contributed by atoms with van der Waals surface area (Å²) in [4.78, 5) is 22.5. The van der Waals surface area contributed by atoms with Crippen LogP contribution in [0.1, 0.15) is 31.1 Å². The summed E-state index contributed by atoms with van der Waals surface area (Å²) in [5.41, 5.74) is -0.127. The van der Waals surface area contributed by atoms with Crippen molar-refractivity contribution in [3.05, 3.63) is 29.8 Å². The Morgan fingerprint density at radius 1 is 1.24 bits per heavy atom. The molecule has 0 heterocycles. The molecule has 21 heavy (non-hydrogen) atoms. The summed E-state index contributed by atoms with van der Waals surface area (Å²) in [5.74, 6) is -0.789. The molecular weight excluding hydrogens is 272 g/mol. The number of aromatic carboxylic acids is 1. The number of carbonyl (C=O) groups excluding carboxylic acids is 1. The summed E-state index contributed by atoms with van der Waals surface area (Å²) < 4.78 is 5.41. The molecule has 0 aliphatic heterocycles. The number of hydrogen-bond donors (Lipinski definition) is 3. The van der Waals surface area contributed by atoms with Crippen LogP contribution in [0.25, 0.3) is 0 Å². The molecule has 0 atom stereocenters. The number of carboxylic acids is 1. The highest BCUT2D eigenvalue weighted by Crippen LogP contribution is 2.17. The molecule has 6 nitrogen and oxygen atoms in total. The van der Waals surface area contributed by atoms with E-state index in [1.807, 2.05) is 20.8 Å². The molecule has 0 spiro atoms. The first-order chi connectivity index (χ1) is 9.79. The van der Waals surface area contributed by atoms with Crippen molar-refractivity contribution in [1.82, 2.24) is 10.6 Å². The first-order valence-electron chi connectivity index (χ1n) is 6.76. The van der Waals surface area contributed by atoms with Crippen molar-refractivity contribution in [1.29, 1.82) is 0 Å². The molecule has 0 saturated carbocycles. The van der Waals surface area contributed by atoms with Gasteiger partial charge in [0.15, 0.2) is 0 Å². The Morgan fingerprint density at radius 3 is 2.52 bits per heavy atom. The number of rotatable bonds is 7.